The van der Waals surface area contributed by atoms with Gasteiger partial charge in [-0.05, 0) is 124 Å². The first-order valence-corrected chi connectivity index (χ1v) is 32.3. The first-order valence-electron chi connectivity index (χ1n) is 32.3. The van der Waals surface area contributed by atoms with Crippen molar-refractivity contribution in [1.82, 2.24) is 0 Å². The van der Waals surface area contributed by atoms with E-state index in [4.69, 9.17) is 52.1 Å². The average molecular weight is 1310 g/mol. The third-order valence-corrected chi connectivity index (χ3v) is 23.6. The number of ether oxygens (including phenoxy) is 11. The van der Waals surface area contributed by atoms with Gasteiger partial charge in [0, 0.05) is 18.1 Å². The van der Waals surface area contributed by atoms with E-state index < -0.39 is 223 Å². The highest BCUT2D eigenvalue weighted by atomic mass is 16.8. The van der Waals surface area contributed by atoms with Crippen molar-refractivity contribution >= 4 is 23.9 Å². The van der Waals surface area contributed by atoms with E-state index in [2.05, 4.69) is 26.8 Å². The van der Waals surface area contributed by atoms with Crippen molar-refractivity contribution in [3.05, 3.63) is 34.9 Å². The maximum Gasteiger partial charge on any atom is 0.335 e. The zero-order valence-electron chi connectivity index (χ0n) is 54.8. The second kappa shape index (κ2) is 27.0. The monoisotopic (exact) mass is 1310 g/mol. The van der Waals surface area contributed by atoms with E-state index in [1.165, 1.54) is 19.9 Å². The Morgan fingerprint density at radius 2 is 1.16 bits per heavy atom. The summed E-state index contributed by atoms with van der Waals surface area (Å²) in [6.07, 6.45) is -29.1. The molecule has 4 aliphatic heterocycles. The minimum atomic E-state index is -2.13. The number of aliphatic hydroxyl groups excluding tert-OH is 11. The number of carbonyl (C=O) groups is 4. The number of fused-ring (bicyclic) bond motifs is 7. The summed E-state index contributed by atoms with van der Waals surface area (Å²) in [6.45, 7) is 21.8. The van der Waals surface area contributed by atoms with Crippen LogP contribution in [0.25, 0.3) is 0 Å². The minimum Gasteiger partial charge on any atom is -0.479 e. The quantitative estimate of drug-likeness (QED) is 0.0314. The summed E-state index contributed by atoms with van der Waals surface area (Å²) in [4.78, 5) is 52.4. The molecule has 12 N–H and O–H groups in total. The number of carboxylic acids is 1. The van der Waals surface area contributed by atoms with Crippen LogP contribution in [0, 0.1) is 50.2 Å². The highest BCUT2D eigenvalue weighted by Crippen LogP contribution is 2.76. The molecule has 92 heavy (non-hydrogen) atoms. The molecule has 0 aromatic heterocycles. The molecular weight excluding hydrogens is 1210 g/mol. The van der Waals surface area contributed by atoms with Gasteiger partial charge in [0.2, 0.25) is 0 Å². The molecule has 30 atom stereocenters. The standard InChI is InChI=1S/C65H100O27/c1-14-27(3)54(80)87-46-29(5)83-58(45(76)48(46)88-55(81)28(4)15-2)92-52-51(77)65(26-82-30(6)68)32(22-60(52,7)8)31-16-17-36-62(11)20-19-38(61(9,10)35(62)18-21-63(36,12)64(31,13)23-37(65)69)86-59-50(91-57-43(74)41(72)39(70)33(24-66)84-57)47(44(75)49(90-59)53(78)79)89-56-42(73)40(71)34(25-67)85-56/h14-16,29,32-52,56-59,66-67,69-77H,17-26H2,1-13H3,(H,78,79)/b27-14-,28-15-/t29?,32?,33?,34-,35?,36?,37+,38-,39-,40+,41+,42?,43?,44-,45?,46-,47+,48+,49?,50?,51-,52-,56-,57-,58-,59+,62-,63+,64+,65-/m0/s1. The zero-order valence-corrected chi connectivity index (χ0v) is 54.8. The number of aliphatic hydroxyl groups is 11. The predicted molar refractivity (Wildman–Crippen MR) is 316 cm³/mol. The molecular formula is C65H100O27. The Morgan fingerprint density at radius 3 is 1.73 bits per heavy atom. The summed E-state index contributed by atoms with van der Waals surface area (Å²) in [6, 6.07) is 0. The lowest BCUT2D eigenvalue weighted by molar-refractivity contribution is -0.386. The third kappa shape index (κ3) is 12.3. The van der Waals surface area contributed by atoms with Crippen LogP contribution in [0.4, 0.5) is 0 Å². The highest BCUT2D eigenvalue weighted by molar-refractivity contribution is 5.88. The summed E-state index contributed by atoms with van der Waals surface area (Å²) in [7, 11) is 0. The molecule has 0 aromatic carbocycles. The largest absolute Gasteiger partial charge is 0.479 e. The first-order chi connectivity index (χ1) is 42.9. The summed E-state index contributed by atoms with van der Waals surface area (Å²) < 4.78 is 67.2. The number of hydrogen-bond acceptors (Lipinski definition) is 26. The second-order valence-electron chi connectivity index (χ2n) is 29.4. The molecule has 0 bridgehead atoms. The molecule has 4 saturated heterocycles. The molecule has 4 saturated carbocycles. The van der Waals surface area contributed by atoms with Crippen molar-refractivity contribution in [3.8, 4) is 0 Å². The van der Waals surface area contributed by atoms with Gasteiger partial charge in [0.05, 0.1) is 49.1 Å². The van der Waals surface area contributed by atoms with Crippen molar-refractivity contribution in [2.24, 2.45) is 50.2 Å². The van der Waals surface area contributed by atoms with Gasteiger partial charge < -0.3 is 113 Å². The molecule has 5 aliphatic carbocycles. The van der Waals surface area contributed by atoms with Gasteiger partial charge >= 0.3 is 23.9 Å². The van der Waals surface area contributed by atoms with Crippen molar-refractivity contribution in [1.29, 1.82) is 0 Å². The molecule has 0 amide bonds. The molecule has 10 unspecified atom stereocenters. The van der Waals surface area contributed by atoms with Crippen LogP contribution < -0.4 is 0 Å². The van der Waals surface area contributed by atoms with Gasteiger partial charge in [-0.25, -0.2) is 14.4 Å². The number of carbonyl (C=O) groups excluding carboxylic acids is 3. The van der Waals surface area contributed by atoms with E-state index in [0.717, 1.165) is 5.57 Å². The Balaban J connectivity index is 1.01. The number of esters is 3. The number of carboxylic acid groups (broad SMARTS) is 1. The van der Waals surface area contributed by atoms with Crippen LogP contribution in [-0.2, 0) is 71.3 Å². The van der Waals surface area contributed by atoms with E-state index in [0.29, 0.717) is 32.1 Å². The lowest BCUT2D eigenvalue weighted by atomic mass is 9.33. The van der Waals surface area contributed by atoms with E-state index >= 15 is 0 Å². The summed E-state index contributed by atoms with van der Waals surface area (Å²) in [5.74, 6) is -4.56. The Kier molecular flexibility index (Phi) is 21.3. The fraction of sp³-hybridized carbons (Fsp3) is 0.846. The average Bonchev–Trinajstić information content (AvgIpc) is 0.773. The minimum absolute atomic E-state index is 0.0439. The van der Waals surface area contributed by atoms with Crippen molar-refractivity contribution in [3.63, 3.8) is 0 Å². The van der Waals surface area contributed by atoms with Crippen LogP contribution in [0.5, 0.6) is 0 Å². The Bertz CT molecular complexity index is 2790. The maximum atomic E-state index is 13.4. The van der Waals surface area contributed by atoms with E-state index in [-0.39, 0.29) is 35.8 Å². The van der Waals surface area contributed by atoms with Gasteiger partial charge in [0.25, 0.3) is 0 Å². The number of allylic oxidation sites excluding steroid dienone is 4. The van der Waals surface area contributed by atoms with Crippen molar-refractivity contribution in [2.75, 3.05) is 19.8 Å². The third-order valence-electron chi connectivity index (χ3n) is 23.6. The molecule has 522 valence electrons. The molecule has 4 heterocycles. The van der Waals surface area contributed by atoms with Crippen LogP contribution in [0.2, 0.25) is 0 Å². The van der Waals surface area contributed by atoms with E-state index in [9.17, 15) is 80.5 Å². The van der Waals surface area contributed by atoms with Crippen LogP contribution in [-0.4, -0.2) is 246 Å². The molecule has 27 heteroatoms. The number of aliphatic carboxylic acids is 1. The molecule has 9 rings (SSSR count). The van der Waals surface area contributed by atoms with Crippen LogP contribution >= 0.6 is 0 Å². The van der Waals surface area contributed by atoms with E-state index in [1.807, 2.05) is 27.7 Å². The Labute approximate surface area is 535 Å². The summed E-state index contributed by atoms with van der Waals surface area (Å²) in [5, 5.41) is 135. The van der Waals surface area contributed by atoms with Gasteiger partial charge in [-0.15, -0.1) is 0 Å². The fourth-order valence-corrected chi connectivity index (χ4v) is 17.8. The van der Waals surface area contributed by atoms with Crippen molar-refractivity contribution in [2.45, 2.75) is 276 Å². The smallest absolute Gasteiger partial charge is 0.335 e. The molecule has 0 aromatic rings. The van der Waals surface area contributed by atoms with Gasteiger partial charge in [-0.2, -0.15) is 0 Å². The number of rotatable bonds is 17. The Hall–Kier alpha value is -3.66. The van der Waals surface area contributed by atoms with Crippen LogP contribution in [0.15, 0.2) is 34.9 Å². The van der Waals surface area contributed by atoms with Crippen LogP contribution in [0.1, 0.15) is 135 Å². The molecule has 27 nitrogen and oxygen atoms in total. The zero-order chi connectivity index (χ0) is 68.0. The highest BCUT2D eigenvalue weighted by Gasteiger charge is 2.74. The Morgan fingerprint density at radius 1 is 0.609 bits per heavy atom. The van der Waals surface area contributed by atoms with Gasteiger partial charge in [0.1, 0.15) is 73.8 Å². The lowest BCUT2D eigenvalue weighted by Gasteiger charge is -2.72. The summed E-state index contributed by atoms with van der Waals surface area (Å²) >= 11 is 0. The molecule has 0 spiro atoms. The summed E-state index contributed by atoms with van der Waals surface area (Å²) in [5.41, 5.74) is -3.54. The fourth-order valence-electron chi connectivity index (χ4n) is 17.8. The van der Waals surface area contributed by atoms with Gasteiger partial charge in [0.15, 0.2) is 43.5 Å². The molecule has 9 aliphatic rings. The maximum absolute atomic E-state index is 13.4. The lowest BCUT2D eigenvalue weighted by Crippen LogP contribution is -2.72. The topological polar surface area (TPSA) is 413 Å². The second-order valence-corrected chi connectivity index (χ2v) is 29.4. The molecule has 8 fully saturated rings. The molecule has 0 radical (unpaired) electrons. The van der Waals surface area contributed by atoms with Gasteiger partial charge in [-0.3, -0.25) is 4.79 Å². The van der Waals surface area contributed by atoms with Gasteiger partial charge in [-0.1, -0.05) is 72.3 Å². The van der Waals surface area contributed by atoms with Crippen LogP contribution in [0.3, 0.4) is 0 Å². The normalized spacial score (nSPS) is 48.4. The number of hydrogen-bond donors (Lipinski definition) is 12. The SMILES string of the molecule is C/C=C(/C)C(=O)O[C@@H]1C(O)[C@H](O[C@H]2[C@H](O)[C@@]3(COC(C)=O)C(CC2(C)C)C2=CCC4[C@@]5(C)CC[C@H](O[C@@H]6OC(C(=O)O)[C@@H](O)[C@@H](O[C@@H]7O[C@@H](CO)[C@@H](O)C7O)C6O[C@@H]6OC(CO)[C@H](O)[C@@H](O)C6O)C(C)(C)C5CC[C@@]4(C)[C@]2(C)C[C@H]3O)OC(C)[C@@H]1OC(=O)/C(C)=C\C. The van der Waals surface area contributed by atoms with Crippen molar-refractivity contribution < 1.29 is 133 Å². The first kappa shape index (κ1) is 72.6. The van der Waals surface area contributed by atoms with E-state index in [1.54, 1.807) is 33.8 Å². The predicted octanol–water partition coefficient (Wildman–Crippen LogP) is 0.715.